The number of nitrogens with one attached hydrogen (secondary N) is 3. The van der Waals surface area contributed by atoms with Gasteiger partial charge in [-0.2, -0.15) is 4.98 Å². The van der Waals surface area contributed by atoms with Crippen molar-refractivity contribution in [1.82, 2.24) is 25.5 Å². The largest absolute Gasteiger partial charge is 0.367 e. The molecule has 2 aromatic heterocycles. The number of nitrogen functional groups attached to an aromatic ring is 1. The minimum atomic E-state index is -0.358. The number of amides is 2. The summed E-state index contributed by atoms with van der Waals surface area (Å²) in [5, 5.41) is 12.7. The van der Waals surface area contributed by atoms with Crippen molar-refractivity contribution in [2.24, 2.45) is 0 Å². The molecule has 21 heavy (non-hydrogen) atoms. The molecular formula is C13H13N7O. The van der Waals surface area contributed by atoms with Crippen LogP contribution in [0, 0.1) is 0 Å². The van der Waals surface area contributed by atoms with E-state index in [0.717, 1.165) is 10.9 Å². The zero-order valence-electron chi connectivity index (χ0n) is 11.0. The molecule has 0 saturated heterocycles. The van der Waals surface area contributed by atoms with Gasteiger partial charge in [0.15, 0.2) is 0 Å². The van der Waals surface area contributed by atoms with Crippen LogP contribution in [-0.2, 0) is 6.54 Å². The molecule has 5 N–H and O–H groups in total. The Balaban J connectivity index is 1.69. The molecular weight excluding hydrogens is 270 g/mol. The third kappa shape index (κ3) is 2.89. The highest BCUT2D eigenvalue weighted by molar-refractivity contribution is 5.99. The van der Waals surface area contributed by atoms with Gasteiger partial charge in [-0.25, -0.2) is 4.79 Å². The predicted octanol–water partition coefficient (Wildman–Crippen LogP) is 1.26. The Morgan fingerprint density at radius 1 is 1.29 bits per heavy atom. The summed E-state index contributed by atoms with van der Waals surface area (Å²) in [6.07, 6.45) is 1.68. The number of fused-ring (bicyclic) bond motifs is 1. The Hall–Kier alpha value is -3.16. The summed E-state index contributed by atoms with van der Waals surface area (Å²) in [6.45, 7) is 0.203. The first-order valence-electron chi connectivity index (χ1n) is 6.28. The summed E-state index contributed by atoms with van der Waals surface area (Å²) < 4.78 is 0. The number of para-hydroxylation sites is 1. The minimum Gasteiger partial charge on any atom is -0.367 e. The molecule has 0 atom stereocenters. The Morgan fingerprint density at radius 2 is 2.14 bits per heavy atom. The molecule has 2 heterocycles. The van der Waals surface area contributed by atoms with Crippen LogP contribution in [0.15, 0.2) is 36.5 Å². The SMILES string of the molecule is Nc1n[nH]c(CNC(=O)Nc2cccc3cccnc23)n1. The van der Waals surface area contributed by atoms with Crippen molar-refractivity contribution in [2.45, 2.75) is 6.54 Å². The molecule has 3 rings (SSSR count). The first-order chi connectivity index (χ1) is 10.2. The van der Waals surface area contributed by atoms with Crippen molar-refractivity contribution in [2.75, 3.05) is 11.1 Å². The van der Waals surface area contributed by atoms with E-state index in [1.807, 2.05) is 24.3 Å². The number of aromatic nitrogens is 4. The van der Waals surface area contributed by atoms with E-state index >= 15 is 0 Å². The van der Waals surface area contributed by atoms with Crippen LogP contribution in [0.1, 0.15) is 5.82 Å². The fraction of sp³-hybridized carbons (Fsp3) is 0.0769. The third-order valence-electron chi connectivity index (χ3n) is 2.85. The quantitative estimate of drug-likeness (QED) is 0.576. The standard InChI is InChI=1S/C13H13N7O/c14-12-18-10(19-20-12)7-16-13(21)17-9-5-1-3-8-4-2-6-15-11(8)9/h1-6H,7H2,(H2,16,17,21)(H3,14,18,19,20). The molecule has 0 unspecified atom stereocenters. The van der Waals surface area contributed by atoms with Crippen LogP contribution in [0.2, 0.25) is 0 Å². The minimum absolute atomic E-state index is 0.144. The number of aromatic amines is 1. The number of benzene rings is 1. The molecule has 0 aliphatic rings. The summed E-state index contributed by atoms with van der Waals surface area (Å²) in [5.41, 5.74) is 6.76. The maximum atomic E-state index is 11.9. The molecule has 0 fully saturated rings. The van der Waals surface area contributed by atoms with Gasteiger partial charge in [0.1, 0.15) is 5.82 Å². The zero-order chi connectivity index (χ0) is 14.7. The number of hydrogen-bond donors (Lipinski definition) is 4. The van der Waals surface area contributed by atoms with Crippen molar-refractivity contribution in [3.63, 3.8) is 0 Å². The number of nitrogens with zero attached hydrogens (tertiary/aromatic N) is 3. The average molecular weight is 283 g/mol. The summed E-state index contributed by atoms with van der Waals surface area (Å²) in [6, 6.07) is 9.01. The third-order valence-corrected chi connectivity index (χ3v) is 2.85. The highest BCUT2D eigenvalue weighted by atomic mass is 16.2. The second kappa shape index (κ2) is 5.45. The fourth-order valence-corrected chi connectivity index (χ4v) is 1.92. The molecule has 0 aliphatic heterocycles. The number of nitrogens with two attached hydrogens (primary N) is 1. The lowest BCUT2D eigenvalue weighted by molar-refractivity contribution is 0.251. The Kier molecular flexibility index (Phi) is 3.34. The van der Waals surface area contributed by atoms with Gasteiger partial charge in [-0.05, 0) is 12.1 Å². The van der Waals surface area contributed by atoms with Gasteiger partial charge in [0.25, 0.3) is 0 Å². The lowest BCUT2D eigenvalue weighted by atomic mass is 10.2. The van der Waals surface area contributed by atoms with E-state index in [1.165, 1.54) is 0 Å². The predicted molar refractivity (Wildman–Crippen MR) is 78.4 cm³/mol. The van der Waals surface area contributed by atoms with E-state index in [4.69, 9.17) is 5.73 Å². The van der Waals surface area contributed by atoms with Crippen LogP contribution in [0.5, 0.6) is 0 Å². The Morgan fingerprint density at radius 3 is 2.95 bits per heavy atom. The van der Waals surface area contributed by atoms with Gasteiger partial charge in [0.05, 0.1) is 17.7 Å². The van der Waals surface area contributed by atoms with Gasteiger partial charge in [0, 0.05) is 11.6 Å². The van der Waals surface area contributed by atoms with Crippen LogP contribution in [0.3, 0.4) is 0 Å². The summed E-state index contributed by atoms with van der Waals surface area (Å²) in [7, 11) is 0. The van der Waals surface area contributed by atoms with Crippen LogP contribution in [0.25, 0.3) is 10.9 Å². The second-order valence-corrected chi connectivity index (χ2v) is 4.33. The monoisotopic (exact) mass is 283 g/mol. The average Bonchev–Trinajstić information content (AvgIpc) is 2.91. The van der Waals surface area contributed by atoms with Crippen molar-refractivity contribution < 1.29 is 4.79 Å². The van der Waals surface area contributed by atoms with E-state index < -0.39 is 0 Å². The first kappa shape index (κ1) is 12.9. The normalized spacial score (nSPS) is 10.5. The molecule has 0 radical (unpaired) electrons. The van der Waals surface area contributed by atoms with Crippen molar-refractivity contribution in [3.8, 4) is 0 Å². The van der Waals surface area contributed by atoms with E-state index in [0.29, 0.717) is 11.5 Å². The van der Waals surface area contributed by atoms with Gasteiger partial charge in [-0.15, -0.1) is 5.10 Å². The summed E-state index contributed by atoms with van der Waals surface area (Å²) in [5.74, 6) is 0.629. The smallest absolute Gasteiger partial charge is 0.319 e. The summed E-state index contributed by atoms with van der Waals surface area (Å²) >= 11 is 0. The molecule has 106 valence electrons. The first-order valence-corrected chi connectivity index (χ1v) is 6.28. The Labute approximate surface area is 119 Å². The number of pyridine rings is 1. The molecule has 1 aromatic carbocycles. The number of anilines is 2. The maximum Gasteiger partial charge on any atom is 0.319 e. The van der Waals surface area contributed by atoms with Gasteiger partial charge in [-0.1, -0.05) is 18.2 Å². The van der Waals surface area contributed by atoms with Gasteiger partial charge in [-0.3, -0.25) is 10.1 Å². The molecule has 2 amide bonds. The van der Waals surface area contributed by atoms with E-state index in [-0.39, 0.29) is 18.5 Å². The van der Waals surface area contributed by atoms with Crippen LogP contribution in [0.4, 0.5) is 16.4 Å². The Bertz CT molecular complexity index is 778. The molecule has 0 saturated carbocycles. The number of urea groups is 1. The number of rotatable bonds is 3. The van der Waals surface area contributed by atoms with Crippen LogP contribution >= 0.6 is 0 Å². The van der Waals surface area contributed by atoms with Crippen molar-refractivity contribution >= 4 is 28.6 Å². The zero-order valence-corrected chi connectivity index (χ0v) is 11.0. The second-order valence-electron chi connectivity index (χ2n) is 4.33. The molecule has 0 bridgehead atoms. The van der Waals surface area contributed by atoms with E-state index in [1.54, 1.807) is 12.3 Å². The lowest BCUT2D eigenvalue weighted by Crippen LogP contribution is -2.28. The number of hydrogen-bond acceptors (Lipinski definition) is 5. The van der Waals surface area contributed by atoms with Gasteiger partial charge < -0.3 is 16.4 Å². The van der Waals surface area contributed by atoms with E-state index in [2.05, 4.69) is 30.8 Å². The number of H-pyrrole nitrogens is 1. The molecule has 8 heteroatoms. The number of carbonyl (C=O) groups excluding carboxylic acids is 1. The van der Waals surface area contributed by atoms with Crippen molar-refractivity contribution in [3.05, 3.63) is 42.4 Å². The summed E-state index contributed by atoms with van der Waals surface area (Å²) in [4.78, 5) is 20.1. The van der Waals surface area contributed by atoms with Gasteiger partial charge >= 0.3 is 6.03 Å². The van der Waals surface area contributed by atoms with Crippen LogP contribution < -0.4 is 16.4 Å². The van der Waals surface area contributed by atoms with Crippen LogP contribution in [-0.4, -0.2) is 26.2 Å². The lowest BCUT2D eigenvalue weighted by Gasteiger charge is -2.08. The van der Waals surface area contributed by atoms with Gasteiger partial charge in [0.2, 0.25) is 5.95 Å². The topological polar surface area (TPSA) is 122 Å². The fourth-order valence-electron chi connectivity index (χ4n) is 1.92. The molecule has 0 aliphatic carbocycles. The molecule has 8 nitrogen and oxygen atoms in total. The molecule has 0 spiro atoms. The van der Waals surface area contributed by atoms with Crippen molar-refractivity contribution in [1.29, 1.82) is 0 Å². The highest BCUT2D eigenvalue weighted by Crippen LogP contribution is 2.20. The molecule has 3 aromatic rings. The maximum absolute atomic E-state index is 11.9. The highest BCUT2D eigenvalue weighted by Gasteiger charge is 2.07. The number of carbonyl (C=O) groups is 1. The van der Waals surface area contributed by atoms with E-state index in [9.17, 15) is 4.79 Å².